The standard InChI is InChI=1S/C13H15FN4OS/c1-2-8-4-6-20-10(8)7-17-13(19)9-3-5-16-12(18-15)11(9)14/h3-6H,2,7,15H2,1H3,(H,16,18)(H,17,19). The molecule has 106 valence electrons. The van der Waals surface area contributed by atoms with Gasteiger partial charge in [-0.3, -0.25) is 4.79 Å². The predicted molar refractivity (Wildman–Crippen MR) is 76.9 cm³/mol. The average molecular weight is 294 g/mol. The van der Waals surface area contributed by atoms with Gasteiger partial charge >= 0.3 is 0 Å². The highest BCUT2D eigenvalue weighted by Crippen LogP contribution is 2.18. The first-order valence-electron chi connectivity index (χ1n) is 6.12. The van der Waals surface area contributed by atoms with Crippen molar-refractivity contribution in [3.05, 3.63) is 45.5 Å². The number of hydrazine groups is 1. The Hall–Kier alpha value is -1.99. The monoisotopic (exact) mass is 294 g/mol. The molecular formula is C13H15FN4OS. The summed E-state index contributed by atoms with van der Waals surface area (Å²) in [6.07, 6.45) is 2.23. The molecule has 2 aromatic heterocycles. The SMILES string of the molecule is CCc1ccsc1CNC(=O)c1ccnc(NN)c1F. The average Bonchev–Trinajstić information content (AvgIpc) is 2.92. The summed E-state index contributed by atoms with van der Waals surface area (Å²) in [5.74, 6) is 3.73. The maximum absolute atomic E-state index is 13.9. The zero-order chi connectivity index (χ0) is 14.5. The second kappa shape index (κ2) is 6.44. The molecule has 2 rings (SSSR count). The van der Waals surface area contributed by atoms with Crippen molar-refractivity contribution in [1.82, 2.24) is 10.3 Å². The smallest absolute Gasteiger partial charge is 0.254 e. The molecule has 2 aromatic rings. The van der Waals surface area contributed by atoms with Gasteiger partial charge in [-0.2, -0.15) is 0 Å². The summed E-state index contributed by atoms with van der Waals surface area (Å²) < 4.78 is 13.9. The van der Waals surface area contributed by atoms with Gasteiger partial charge in [-0.1, -0.05) is 6.92 Å². The van der Waals surface area contributed by atoms with E-state index in [-0.39, 0.29) is 11.4 Å². The number of rotatable bonds is 5. The molecule has 0 aliphatic rings. The van der Waals surface area contributed by atoms with Crippen LogP contribution < -0.4 is 16.6 Å². The van der Waals surface area contributed by atoms with Crippen molar-refractivity contribution < 1.29 is 9.18 Å². The van der Waals surface area contributed by atoms with Gasteiger partial charge in [-0.05, 0) is 29.5 Å². The van der Waals surface area contributed by atoms with E-state index in [1.165, 1.54) is 17.8 Å². The zero-order valence-corrected chi connectivity index (χ0v) is 11.8. The number of hydrogen-bond donors (Lipinski definition) is 3. The number of nitrogens with one attached hydrogen (secondary N) is 2. The Kier molecular flexibility index (Phi) is 4.65. The van der Waals surface area contributed by atoms with Gasteiger partial charge < -0.3 is 10.7 Å². The van der Waals surface area contributed by atoms with Gasteiger partial charge in [0.2, 0.25) is 0 Å². The molecule has 0 spiro atoms. The molecule has 1 amide bonds. The lowest BCUT2D eigenvalue weighted by atomic mass is 10.2. The fraction of sp³-hybridized carbons (Fsp3) is 0.231. The van der Waals surface area contributed by atoms with Crippen LogP contribution in [0.1, 0.15) is 27.7 Å². The van der Waals surface area contributed by atoms with Crippen molar-refractivity contribution in [3.8, 4) is 0 Å². The van der Waals surface area contributed by atoms with Crippen molar-refractivity contribution >= 4 is 23.1 Å². The molecule has 0 aliphatic heterocycles. The highest BCUT2D eigenvalue weighted by molar-refractivity contribution is 7.10. The Morgan fingerprint density at radius 1 is 1.50 bits per heavy atom. The first-order chi connectivity index (χ1) is 9.67. The summed E-state index contributed by atoms with van der Waals surface area (Å²) in [7, 11) is 0. The molecule has 5 nitrogen and oxygen atoms in total. The normalized spacial score (nSPS) is 10.3. The Morgan fingerprint density at radius 3 is 3.00 bits per heavy atom. The zero-order valence-electron chi connectivity index (χ0n) is 10.9. The molecule has 2 heterocycles. The molecule has 0 aliphatic carbocycles. The molecule has 0 radical (unpaired) electrons. The second-order valence-corrected chi connectivity index (χ2v) is 5.07. The summed E-state index contributed by atoms with van der Waals surface area (Å²) in [6.45, 7) is 2.43. The summed E-state index contributed by atoms with van der Waals surface area (Å²) in [5.41, 5.74) is 3.22. The van der Waals surface area contributed by atoms with Gasteiger partial charge in [-0.15, -0.1) is 11.3 Å². The third-order valence-electron chi connectivity index (χ3n) is 2.90. The van der Waals surface area contributed by atoms with Crippen LogP contribution in [0.15, 0.2) is 23.7 Å². The van der Waals surface area contributed by atoms with Gasteiger partial charge in [0, 0.05) is 11.1 Å². The molecule has 0 saturated heterocycles. The van der Waals surface area contributed by atoms with Crippen LogP contribution in [0.25, 0.3) is 0 Å². The van der Waals surface area contributed by atoms with Crippen LogP contribution in [-0.2, 0) is 13.0 Å². The van der Waals surface area contributed by atoms with Gasteiger partial charge in [-0.25, -0.2) is 15.2 Å². The fourth-order valence-electron chi connectivity index (χ4n) is 1.81. The number of pyridine rings is 1. The minimum atomic E-state index is -0.755. The number of aromatic nitrogens is 1. The lowest BCUT2D eigenvalue weighted by molar-refractivity contribution is 0.0947. The van der Waals surface area contributed by atoms with Crippen LogP contribution in [0, 0.1) is 5.82 Å². The van der Waals surface area contributed by atoms with Crippen LogP contribution in [0.2, 0.25) is 0 Å². The number of aryl methyl sites for hydroxylation is 1. The number of hydrogen-bond acceptors (Lipinski definition) is 5. The minimum Gasteiger partial charge on any atom is -0.347 e. The number of nitrogens with zero attached hydrogens (tertiary/aromatic N) is 1. The van der Waals surface area contributed by atoms with Crippen LogP contribution >= 0.6 is 11.3 Å². The minimum absolute atomic E-state index is 0.0810. The molecule has 0 aromatic carbocycles. The van der Waals surface area contributed by atoms with Gasteiger partial charge in [0.25, 0.3) is 5.91 Å². The highest BCUT2D eigenvalue weighted by Gasteiger charge is 2.15. The number of carbonyl (C=O) groups excluding carboxylic acids is 1. The van der Waals surface area contributed by atoms with Crippen molar-refractivity contribution in [2.45, 2.75) is 19.9 Å². The van der Waals surface area contributed by atoms with E-state index in [2.05, 4.69) is 22.7 Å². The van der Waals surface area contributed by atoms with Gasteiger partial charge in [0.05, 0.1) is 12.1 Å². The number of carbonyl (C=O) groups is 1. The van der Waals surface area contributed by atoms with Crippen molar-refractivity contribution in [3.63, 3.8) is 0 Å². The quantitative estimate of drug-likeness (QED) is 0.582. The third kappa shape index (κ3) is 2.94. The van der Waals surface area contributed by atoms with E-state index in [9.17, 15) is 9.18 Å². The maximum atomic E-state index is 13.9. The molecule has 0 bridgehead atoms. The third-order valence-corrected chi connectivity index (χ3v) is 3.86. The van der Waals surface area contributed by atoms with E-state index in [0.717, 1.165) is 11.3 Å². The van der Waals surface area contributed by atoms with Crippen LogP contribution in [-0.4, -0.2) is 10.9 Å². The summed E-state index contributed by atoms with van der Waals surface area (Å²) in [5, 5.41) is 4.68. The molecule has 4 N–H and O–H groups in total. The highest BCUT2D eigenvalue weighted by atomic mass is 32.1. The molecule has 0 saturated carbocycles. The molecule has 20 heavy (non-hydrogen) atoms. The molecule has 0 fully saturated rings. The number of thiophene rings is 1. The Morgan fingerprint density at radius 2 is 2.30 bits per heavy atom. The molecule has 0 unspecified atom stereocenters. The number of nitrogens with two attached hydrogens (primary N) is 1. The maximum Gasteiger partial charge on any atom is 0.254 e. The lowest BCUT2D eigenvalue weighted by Crippen LogP contribution is -2.25. The largest absolute Gasteiger partial charge is 0.347 e. The predicted octanol–water partition coefficient (Wildman–Crippen LogP) is 2.06. The van der Waals surface area contributed by atoms with E-state index in [0.29, 0.717) is 6.54 Å². The van der Waals surface area contributed by atoms with Crippen LogP contribution in [0.5, 0.6) is 0 Å². The summed E-state index contributed by atoms with van der Waals surface area (Å²) in [4.78, 5) is 16.8. The Bertz CT molecular complexity index is 614. The van der Waals surface area contributed by atoms with E-state index in [1.54, 1.807) is 11.3 Å². The Labute approximate surface area is 120 Å². The second-order valence-electron chi connectivity index (χ2n) is 4.07. The summed E-state index contributed by atoms with van der Waals surface area (Å²) in [6, 6.07) is 3.34. The molecule has 0 atom stereocenters. The van der Waals surface area contributed by atoms with E-state index < -0.39 is 11.7 Å². The summed E-state index contributed by atoms with van der Waals surface area (Å²) >= 11 is 1.57. The Balaban J connectivity index is 2.09. The van der Waals surface area contributed by atoms with Gasteiger partial charge in [0.1, 0.15) is 0 Å². The van der Waals surface area contributed by atoms with E-state index in [4.69, 9.17) is 5.84 Å². The van der Waals surface area contributed by atoms with Crippen LogP contribution in [0.4, 0.5) is 10.2 Å². The number of anilines is 1. The van der Waals surface area contributed by atoms with Crippen molar-refractivity contribution in [1.29, 1.82) is 0 Å². The topological polar surface area (TPSA) is 80.0 Å². The number of halogens is 1. The first kappa shape index (κ1) is 14.4. The molecule has 7 heteroatoms. The number of nitrogen functional groups attached to an aromatic ring is 1. The lowest BCUT2D eigenvalue weighted by Gasteiger charge is -2.08. The van der Waals surface area contributed by atoms with Crippen molar-refractivity contribution in [2.24, 2.45) is 5.84 Å². The van der Waals surface area contributed by atoms with E-state index in [1.807, 2.05) is 11.4 Å². The van der Waals surface area contributed by atoms with Crippen LogP contribution in [0.3, 0.4) is 0 Å². The number of amides is 1. The first-order valence-corrected chi connectivity index (χ1v) is 6.99. The van der Waals surface area contributed by atoms with Crippen molar-refractivity contribution in [2.75, 3.05) is 5.43 Å². The van der Waals surface area contributed by atoms with Gasteiger partial charge in [0.15, 0.2) is 11.6 Å². The fourth-order valence-corrected chi connectivity index (χ4v) is 2.73. The molecular weight excluding hydrogens is 279 g/mol. The van der Waals surface area contributed by atoms with E-state index >= 15 is 0 Å².